The number of aryl methyl sites for hydroxylation is 1. The van der Waals surface area contributed by atoms with Crippen molar-refractivity contribution < 1.29 is 13.6 Å². The van der Waals surface area contributed by atoms with E-state index in [1.54, 1.807) is 30.8 Å². The summed E-state index contributed by atoms with van der Waals surface area (Å²) in [6.07, 6.45) is 3.30. The second-order valence-electron chi connectivity index (χ2n) is 8.16. The van der Waals surface area contributed by atoms with Gasteiger partial charge >= 0.3 is 0 Å². The molecule has 0 spiro atoms. The van der Waals surface area contributed by atoms with Crippen LogP contribution in [0.5, 0.6) is 0 Å². The molecule has 1 aromatic heterocycles. The van der Waals surface area contributed by atoms with Crippen LogP contribution in [0.4, 0.5) is 20.3 Å². The van der Waals surface area contributed by atoms with E-state index in [1.165, 1.54) is 17.0 Å². The van der Waals surface area contributed by atoms with Gasteiger partial charge in [-0.05, 0) is 45.0 Å². The topological polar surface area (TPSA) is 76.2 Å². The lowest BCUT2D eigenvalue weighted by Gasteiger charge is -2.28. The molecule has 4 rings (SSSR count). The van der Waals surface area contributed by atoms with E-state index >= 15 is 0 Å². The minimum atomic E-state index is -1.05. The molecule has 2 heterocycles. The van der Waals surface area contributed by atoms with Crippen molar-refractivity contribution in [3.63, 3.8) is 0 Å². The van der Waals surface area contributed by atoms with E-state index in [1.807, 2.05) is 31.2 Å². The summed E-state index contributed by atoms with van der Waals surface area (Å²) < 4.78 is 29.9. The van der Waals surface area contributed by atoms with E-state index in [9.17, 15) is 13.6 Å². The largest absolute Gasteiger partial charge is 0.339 e. The van der Waals surface area contributed by atoms with Crippen molar-refractivity contribution in [2.45, 2.75) is 32.9 Å². The van der Waals surface area contributed by atoms with Crippen molar-refractivity contribution in [1.29, 1.82) is 0 Å². The highest BCUT2D eigenvalue weighted by Gasteiger charge is 2.31. The number of benzene rings is 2. The van der Waals surface area contributed by atoms with Crippen molar-refractivity contribution in [1.82, 2.24) is 14.5 Å². The van der Waals surface area contributed by atoms with Crippen molar-refractivity contribution in [2.75, 3.05) is 5.32 Å². The highest BCUT2D eigenvalue weighted by molar-refractivity contribution is 5.87. The molecular weight excluding hydrogens is 400 g/mol. The predicted octanol–water partition coefficient (Wildman–Crippen LogP) is 4.39. The highest BCUT2D eigenvalue weighted by Crippen LogP contribution is 2.35. The molecule has 0 saturated heterocycles. The first kappa shape index (κ1) is 20.7. The van der Waals surface area contributed by atoms with Crippen LogP contribution in [0.2, 0.25) is 0 Å². The standard InChI is InChI=1S/C23H23F2N5O/c1-14-4-7-16(8-5-14)27-21-20(17-9-6-15(24)12-18(17)25)28-19-13-29(10-11-30(19)21)22(31)23(2,3)26/h4-12,27H,13,26H2,1-3H3. The van der Waals surface area contributed by atoms with E-state index in [2.05, 4.69) is 10.3 Å². The lowest BCUT2D eigenvalue weighted by atomic mass is 10.1. The number of amides is 1. The van der Waals surface area contributed by atoms with Gasteiger partial charge in [0.15, 0.2) is 0 Å². The van der Waals surface area contributed by atoms with Gasteiger partial charge in [-0.15, -0.1) is 0 Å². The number of nitrogens with zero attached hydrogens (tertiary/aromatic N) is 3. The molecule has 0 atom stereocenters. The average Bonchev–Trinajstić information content (AvgIpc) is 3.05. The van der Waals surface area contributed by atoms with E-state index < -0.39 is 17.2 Å². The van der Waals surface area contributed by atoms with E-state index in [0.717, 1.165) is 17.3 Å². The van der Waals surface area contributed by atoms with Crippen LogP contribution in [0.1, 0.15) is 25.2 Å². The number of halogens is 2. The lowest BCUT2D eigenvalue weighted by molar-refractivity contribution is -0.133. The van der Waals surface area contributed by atoms with Gasteiger partial charge in [-0.3, -0.25) is 9.36 Å². The zero-order chi connectivity index (χ0) is 22.3. The Balaban J connectivity index is 1.80. The van der Waals surface area contributed by atoms with Gasteiger partial charge in [-0.25, -0.2) is 13.8 Å². The van der Waals surface area contributed by atoms with Gasteiger partial charge in [0, 0.05) is 29.7 Å². The van der Waals surface area contributed by atoms with Gasteiger partial charge in [0.2, 0.25) is 5.91 Å². The molecule has 0 aliphatic carbocycles. The van der Waals surface area contributed by atoms with E-state index in [4.69, 9.17) is 5.73 Å². The molecule has 1 aliphatic heterocycles. The van der Waals surface area contributed by atoms with Crippen LogP contribution in [-0.2, 0) is 11.3 Å². The molecule has 0 radical (unpaired) electrons. The Kier molecular flexibility index (Phi) is 5.10. The molecule has 3 aromatic rings. The van der Waals surface area contributed by atoms with Crippen molar-refractivity contribution in [2.24, 2.45) is 5.73 Å². The number of carbonyl (C=O) groups is 1. The van der Waals surface area contributed by atoms with Crippen LogP contribution in [0.3, 0.4) is 0 Å². The summed E-state index contributed by atoms with van der Waals surface area (Å²) in [5.41, 5.74) is 7.27. The summed E-state index contributed by atoms with van der Waals surface area (Å²) in [5, 5.41) is 3.28. The number of fused-ring (bicyclic) bond motifs is 1. The second-order valence-corrected chi connectivity index (χ2v) is 8.16. The number of nitrogens with one attached hydrogen (secondary N) is 1. The number of imidazole rings is 1. The minimum Gasteiger partial charge on any atom is -0.339 e. The van der Waals surface area contributed by atoms with Crippen molar-refractivity contribution in [3.8, 4) is 11.3 Å². The van der Waals surface area contributed by atoms with Crippen LogP contribution in [-0.4, -0.2) is 25.9 Å². The first-order valence-electron chi connectivity index (χ1n) is 9.82. The molecule has 0 saturated carbocycles. The molecule has 0 unspecified atom stereocenters. The maximum Gasteiger partial charge on any atom is 0.246 e. The van der Waals surface area contributed by atoms with Crippen LogP contribution in [0, 0.1) is 18.6 Å². The SMILES string of the molecule is Cc1ccc(Nc2c(-c3ccc(F)cc3F)nc3n2C=CN(C(=O)C(C)(C)N)C3)cc1. The fraction of sp³-hybridized carbons (Fsp3) is 0.217. The third-order valence-corrected chi connectivity index (χ3v) is 5.00. The molecule has 8 heteroatoms. The first-order valence-corrected chi connectivity index (χ1v) is 9.82. The molecule has 31 heavy (non-hydrogen) atoms. The number of aromatic nitrogens is 2. The first-order chi connectivity index (χ1) is 14.6. The Bertz CT molecular complexity index is 1180. The average molecular weight is 423 g/mol. The van der Waals surface area contributed by atoms with Crippen molar-refractivity contribution in [3.05, 3.63) is 71.7 Å². The predicted molar refractivity (Wildman–Crippen MR) is 116 cm³/mol. The fourth-order valence-electron chi connectivity index (χ4n) is 3.38. The molecule has 3 N–H and O–H groups in total. The monoisotopic (exact) mass is 423 g/mol. The normalized spacial score (nSPS) is 13.3. The molecule has 160 valence electrons. The fourth-order valence-corrected chi connectivity index (χ4v) is 3.38. The summed E-state index contributed by atoms with van der Waals surface area (Å²) >= 11 is 0. The lowest BCUT2D eigenvalue weighted by Crippen LogP contribution is -2.49. The minimum absolute atomic E-state index is 0.156. The van der Waals surface area contributed by atoms with Crippen LogP contribution in [0.15, 0.2) is 48.7 Å². The molecule has 0 fully saturated rings. The van der Waals surface area contributed by atoms with Gasteiger partial charge in [-0.2, -0.15) is 0 Å². The molecule has 2 aromatic carbocycles. The van der Waals surface area contributed by atoms with E-state index in [-0.39, 0.29) is 18.0 Å². The van der Waals surface area contributed by atoms with Gasteiger partial charge in [0.25, 0.3) is 0 Å². The summed E-state index contributed by atoms with van der Waals surface area (Å²) in [6.45, 7) is 5.42. The maximum atomic E-state index is 14.6. The Hall–Kier alpha value is -3.52. The van der Waals surface area contributed by atoms with Crippen LogP contribution < -0.4 is 11.1 Å². The summed E-state index contributed by atoms with van der Waals surface area (Å²) in [6, 6.07) is 11.1. The highest BCUT2D eigenvalue weighted by atomic mass is 19.1. The number of rotatable bonds is 4. The molecule has 1 aliphatic rings. The molecule has 0 bridgehead atoms. The Labute approximate surface area is 179 Å². The maximum absolute atomic E-state index is 14.6. The quantitative estimate of drug-likeness (QED) is 0.653. The Morgan fingerprint density at radius 3 is 2.48 bits per heavy atom. The molecule has 6 nitrogen and oxygen atoms in total. The van der Waals surface area contributed by atoms with Gasteiger partial charge < -0.3 is 16.0 Å². The number of nitrogens with two attached hydrogens (primary N) is 1. The third-order valence-electron chi connectivity index (χ3n) is 5.00. The zero-order valence-electron chi connectivity index (χ0n) is 17.5. The molecule has 1 amide bonds. The molecular formula is C23H23F2N5O. The third kappa shape index (κ3) is 4.06. The number of hydrogen-bond donors (Lipinski definition) is 2. The van der Waals surface area contributed by atoms with Crippen LogP contribution >= 0.6 is 0 Å². The zero-order valence-corrected chi connectivity index (χ0v) is 17.5. The summed E-state index contributed by atoms with van der Waals surface area (Å²) in [5.74, 6) is -0.615. The van der Waals surface area contributed by atoms with Gasteiger partial charge in [0.1, 0.15) is 29.0 Å². The number of anilines is 2. The smallest absolute Gasteiger partial charge is 0.246 e. The van der Waals surface area contributed by atoms with Gasteiger partial charge in [-0.1, -0.05) is 17.7 Å². The number of hydrogen-bond acceptors (Lipinski definition) is 4. The van der Waals surface area contributed by atoms with E-state index in [0.29, 0.717) is 17.3 Å². The summed E-state index contributed by atoms with van der Waals surface area (Å²) in [7, 11) is 0. The Morgan fingerprint density at radius 2 is 1.84 bits per heavy atom. The number of carbonyl (C=O) groups excluding carboxylic acids is 1. The van der Waals surface area contributed by atoms with Gasteiger partial charge in [0.05, 0.1) is 12.1 Å². The summed E-state index contributed by atoms with van der Waals surface area (Å²) in [4.78, 5) is 18.7. The Morgan fingerprint density at radius 1 is 1.13 bits per heavy atom. The van der Waals surface area contributed by atoms with Crippen LogP contribution in [0.25, 0.3) is 17.5 Å². The second kappa shape index (κ2) is 7.63. The van der Waals surface area contributed by atoms with Crippen molar-refractivity contribution >= 4 is 23.6 Å².